The molecule has 0 radical (unpaired) electrons. The Kier molecular flexibility index (Phi) is 105. The van der Waals surface area contributed by atoms with Crippen LogP contribution in [0, 0.1) is 332 Å². The van der Waals surface area contributed by atoms with Gasteiger partial charge < -0.3 is 55.9 Å². The van der Waals surface area contributed by atoms with Gasteiger partial charge in [0.25, 0.3) is 0 Å². The fraction of sp³-hybridized carbons (Fsp3) is 0.473. The first-order valence-electron chi connectivity index (χ1n) is 45.0. The molecule has 146 heavy (non-hydrogen) atoms. The van der Waals surface area contributed by atoms with Gasteiger partial charge in [0.2, 0.25) is 6.29 Å². The maximum Gasteiger partial charge on any atom is 1.00 e. The van der Waals surface area contributed by atoms with Gasteiger partial charge in [-0.3, -0.25) is 14.0 Å². The number of carbonyl (C=O) groups is 2. The Balaban J connectivity index is -0.0000000306. The Morgan fingerprint density at radius 2 is 0.678 bits per heavy atom. The summed E-state index contributed by atoms with van der Waals surface area (Å²) in [5.41, 5.74) is 0.274. The Hall–Kier alpha value is -11.6. The molecule has 10 unspecified atom stereocenters. The van der Waals surface area contributed by atoms with Crippen molar-refractivity contribution >= 4 is 37.2 Å². The number of hydrogen-bond donors (Lipinski definition) is 7. The summed E-state index contributed by atoms with van der Waals surface area (Å²) < 4.78 is 42.6. The van der Waals surface area contributed by atoms with Gasteiger partial charge in [-0.1, -0.05) is 226 Å². The Morgan fingerprint density at radius 3 is 0.973 bits per heavy atom. The van der Waals surface area contributed by atoms with Crippen molar-refractivity contribution in [1.29, 1.82) is 0 Å². The van der Waals surface area contributed by atoms with E-state index in [4.69, 9.17) is 39.5 Å². The van der Waals surface area contributed by atoms with E-state index in [1.165, 1.54) is 148 Å². The Morgan fingerprint density at radius 1 is 0.397 bits per heavy atom. The zero-order chi connectivity index (χ0) is 105. The van der Waals surface area contributed by atoms with Crippen LogP contribution in [0.5, 0.6) is 0 Å². The zero-order valence-corrected chi connectivity index (χ0v) is 88.0. The van der Waals surface area contributed by atoms with E-state index in [0.717, 1.165) is 44.9 Å². The van der Waals surface area contributed by atoms with Crippen molar-refractivity contribution in [3.63, 3.8) is 0 Å². The minimum atomic E-state index is -1.79. The molecule has 0 amide bonds. The summed E-state index contributed by atoms with van der Waals surface area (Å²) in [7, 11) is 0. The third-order valence-electron chi connectivity index (χ3n) is 18.0. The van der Waals surface area contributed by atoms with Crippen LogP contribution >= 0.6 is 25.2 Å². The van der Waals surface area contributed by atoms with Crippen molar-refractivity contribution in [2.24, 2.45) is 11.8 Å². The molecule has 0 spiro atoms. The number of aliphatic hydroxyl groups excluding tert-OH is 5. The monoisotopic (exact) mass is 2150 g/mol. The van der Waals surface area contributed by atoms with Crippen LogP contribution in [-0.2, 0) is 122 Å². The van der Waals surface area contributed by atoms with E-state index in [1.807, 2.05) is 13.0 Å². The van der Waals surface area contributed by atoms with Crippen molar-refractivity contribution < 1.29 is 287 Å². The molecule has 12 atom stereocenters. The first-order chi connectivity index (χ1) is 70.7. The van der Waals surface area contributed by atoms with Crippen LogP contribution in [0.1, 0.15) is 317 Å². The molecule has 2 aliphatic rings. The molecular formula is C110H204Na2O32S2. The quantitative estimate of drug-likeness (QED) is 0.00342. The van der Waals surface area contributed by atoms with E-state index in [0.29, 0.717) is 12.3 Å². The zero-order valence-electron chi connectivity index (χ0n) is 83.3. The first-order valence-corrected chi connectivity index (χ1v) is 46.0. The second kappa shape index (κ2) is 111. The summed E-state index contributed by atoms with van der Waals surface area (Å²) in [4.78, 5) is 27.4. The molecule has 6 N–H and O–H groups in total. The molecule has 0 aliphatic carbocycles. The number of thiol groups is 1. The number of terminal acetylenes is 1. The van der Waals surface area contributed by atoms with Crippen molar-refractivity contribution in [1.82, 2.24) is 0 Å². The van der Waals surface area contributed by atoms with Gasteiger partial charge in [0.1, 0.15) is 30.5 Å². The summed E-state index contributed by atoms with van der Waals surface area (Å²) in [6.45, 7) is 10.5. The SMILES string of the molecule is C#CC#CC#CC#CC#CC#CC#CC#CC#CC#CC#CC#CC#CC#CC#CC#CC#CC#CC#CC#CC#CC#CC#CC#CC#CC#CC#CC.CCCCCCCCCCCCCCCCCC[C@H](C)C[C@H](C)/C=C(\C)C(=O)OC1C(O)C(CO)OC(OC2OC(CO)C(O)C(O)C2OSOO[O-])C1OC(=O)CCCCCCCCCCCCCCC.OOOOOOOOOOOOOOOOS.[H-].[HH].[HH].[HH].[HH].[HH].[HH].[HH].[HH].[HH].[HH].[HH].[HH].[HH].[HH].[HH].[HH].[HH].[HH].[HH].[HH].[HH].[HH].[HH].[HH].[HH].[HH].[HH].[HH].[HH].[HH].[HH].[HH].[HH].[HH].[HH].[HH].[HH].[HH].[HH].[HH].[HH].[HH].[HH].[HH].[HH].[HH].[HH].[HH].[Na+].[Na+]. The van der Waals surface area contributed by atoms with Crippen LogP contribution in [0.2, 0.25) is 0 Å². The Labute approximate surface area is 985 Å². The van der Waals surface area contributed by atoms with E-state index in [-0.39, 0.29) is 159 Å². The van der Waals surface area contributed by atoms with Gasteiger partial charge in [-0.2, -0.15) is 0 Å². The molecular weight excluding hydrogens is 1940 g/mol. The normalized spacial score (nSPS) is 15.4. The average Bonchev–Trinajstić information content (AvgIpc) is 0.774. The number of ether oxygens (including phenoxy) is 5. The van der Waals surface area contributed by atoms with Gasteiger partial charge in [-0.05, 0) is 204 Å². The molecule has 36 heteroatoms. The van der Waals surface area contributed by atoms with Crippen LogP contribution in [0.15, 0.2) is 11.6 Å². The summed E-state index contributed by atoms with van der Waals surface area (Å²) in [6.07, 6.45) is 28.2. The number of carbonyl (C=O) groups excluding carboxylic acids is 2. The van der Waals surface area contributed by atoms with Crippen molar-refractivity contribution in [2.45, 2.75) is 308 Å². The van der Waals surface area contributed by atoms with E-state index in [2.05, 4.69) is 432 Å². The number of esters is 2. The van der Waals surface area contributed by atoms with Crippen LogP contribution in [0.25, 0.3) is 0 Å². The van der Waals surface area contributed by atoms with Gasteiger partial charge in [0, 0.05) is 307 Å². The Bertz CT molecular complexity index is 5890. The largest absolute Gasteiger partial charge is 1.00 e. The summed E-state index contributed by atoms with van der Waals surface area (Å²) in [5.74, 6) is 131. The predicted octanol–water partition coefficient (Wildman–Crippen LogP) is 16.3. The molecule has 2 fully saturated rings. The number of hydrogen-bond acceptors (Lipinski definition) is 34. The van der Waals surface area contributed by atoms with Gasteiger partial charge in [-0.25, -0.2) is 10.1 Å². The van der Waals surface area contributed by atoms with Gasteiger partial charge >= 0.3 is 71.1 Å². The van der Waals surface area contributed by atoms with Crippen molar-refractivity contribution in [3.8, 4) is 320 Å². The van der Waals surface area contributed by atoms with Gasteiger partial charge in [-0.15, -0.1) is 15.1 Å². The van der Waals surface area contributed by atoms with Crippen LogP contribution < -0.4 is 64.4 Å². The number of rotatable bonds is 59. The molecule has 0 saturated carbocycles. The third kappa shape index (κ3) is 88.8. The van der Waals surface area contributed by atoms with Gasteiger partial charge in [0.05, 0.1) is 13.2 Å². The number of aliphatic hydroxyl groups is 5. The molecule has 850 valence electrons. The molecule has 2 aliphatic heterocycles. The molecule has 2 heterocycles. The molecule has 0 aromatic heterocycles. The maximum absolute atomic E-state index is 13.8. The third-order valence-corrected chi connectivity index (χ3v) is 18.5. The van der Waals surface area contributed by atoms with Crippen LogP contribution in [0.4, 0.5) is 0 Å². The molecule has 2 rings (SSSR count). The minimum absolute atomic E-state index is 0. The van der Waals surface area contributed by atoms with E-state index < -0.39 is 86.6 Å². The van der Waals surface area contributed by atoms with Crippen LogP contribution in [-0.4, -0.2) is 117 Å². The number of unbranched alkanes of at least 4 members (excludes halogenated alkanes) is 27. The van der Waals surface area contributed by atoms with E-state index >= 15 is 0 Å². The molecule has 32 nitrogen and oxygen atoms in total. The first kappa shape index (κ1) is 139. The average molecular weight is 2150 g/mol. The van der Waals surface area contributed by atoms with Gasteiger partial charge in [0.15, 0.2) is 36.9 Å². The van der Waals surface area contributed by atoms with Crippen molar-refractivity contribution in [3.05, 3.63) is 11.6 Å². The molecule has 0 aromatic carbocycles. The summed E-state index contributed by atoms with van der Waals surface area (Å²) in [5, 5.41) is 122. The second-order valence-corrected chi connectivity index (χ2v) is 29.3. The topological polar surface area (TPSA) is 391 Å². The minimum Gasteiger partial charge on any atom is -1.00 e. The van der Waals surface area contributed by atoms with E-state index in [1.54, 1.807) is 13.8 Å². The second-order valence-electron chi connectivity index (χ2n) is 28.7. The molecule has 2 saturated heterocycles. The summed E-state index contributed by atoms with van der Waals surface area (Å²) >= 11 is 3.05. The fourth-order valence-electron chi connectivity index (χ4n) is 11.7. The van der Waals surface area contributed by atoms with Crippen molar-refractivity contribution in [2.75, 3.05) is 13.2 Å². The predicted molar refractivity (Wildman–Crippen MR) is 623 cm³/mol. The number of allylic oxidation sites excluding steroid dienone is 1. The molecule has 0 aromatic rings. The maximum atomic E-state index is 13.8. The fourth-order valence-corrected chi connectivity index (χ4v) is 12.1. The van der Waals surface area contributed by atoms with Crippen LogP contribution in [0.3, 0.4) is 0 Å². The van der Waals surface area contributed by atoms with E-state index in [9.17, 15) is 40.4 Å². The smallest absolute Gasteiger partial charge is 1.00 e. The standard InChI is InChI=1S/C55H102O16S.C55H4.2Na.H2O16S.48H2.H/c1-6-8-10-12-14-16-18-20-21-22-24-25-27-29-31-33-35-41(3)37-42(4)38-43(5)53(62)67-50-48(60)45(40-57)65-55(68-54-51(69-72-71-70-63)49(61)47(59)44(39-56)64-54)52(50)66-46(58)36-34-32-30-28-26-23-19-17-15-13-11-9-7-2;1-3-5-7-9-11-13-15-17-19-21-23-25-27-29-31-33-35-37-39-41-43-45-47-49-51-53-55-54-52-50-48-46-44-42-40-38-36-34-32-30-28-26-24-22-20-18-16-14-12-10-8-6-4-2;;;1-2-3-4-5-6-7-8-9-10-11-12-13-14-15-16-17;;;;;;;;;;;;;;;;;;;;;;;;;;;;;;;;;;;;;;;;;;;;;;;;;/h38,41-42,44-45,47-52,54-57,59-61,63H,6-37,39-40H2,1-5H3;1H,2H3;;;1,17H;48*1H;/q;;2*+1;;;;;;;;;;;;;;;;;;;;;;;;;;;;;;;;;;;;;;;;;;;;;;;;;;-1/p-1/b43-38+;;;;;;;;;;;;;;;;;;;;;;;;;;;;;;;;;;;;;;;;;;;;;;;;;;;;;/t41-,42-,44?,45?,47?,48?,49?,50?,51?,52?,54?,55?;;;;;;;;;;;;;;;;;;;;;;;;;;;;;;;;;;;;;;;;;;;;;;;;;;;;;/m0...................................................../s1. The summed E-state index contributed by atoms with van der Waals surface area (Å²) in [6, 6.07) is 0. The molecule has 0 bridgehead atoms.